The summed E-state index contributed by atoms with van der Waals surface area (Å²) < 4.78 is 47.3. The predicted octanol–water partition coefficient (Wildman–Crippen LogP) is 0.749. The van der Waals surface area contributed by atoms with Crippen LogP contribution in [-0.2, 0) is 28.4 Å². The Labute approximate surface area is 195 Å². The van der Waals surface area contributed by atoms with E-state index in [2.05, 4.69) is 0 Å². The van der Waals surface area contributed by atoms with Gasteiger partial charge in [0.05, 0.1) is 5.56 Å². The number of ketones is 1. The molecule has 1 aromatic carbocycles. The maximum atomic E-state index is 14.3. The summed E-state index contributed by atoms with van der Waals surface area (Å²) in [6, 6.07) is 2.64. The van der Waals surface area contributed by atoms with Gasteiger partial charge in [0.25, 0.3) is 5.56 Å². The zero-order valence-electron chi connectivity index (χ0n) is 19.3. The smallest absolute Gasteiger partial charge is 0.338 e. The molecule has 0 radical (unpaired) electrons. The van der Waals surface area contributed by atoms with E-state index >= 15 is 0 Å². The molecule has 0 atom stereocenters. The molecule has 34 heavy (non-hydrogen) atoms. The van der Waals surface area contributed by atoms with Gasteiger partial charge in [-0.15, -0.1) is 0 Å². The maximum absolute atomic E-state index is 14.3. The summed E-state index contributed by atoms with van der Waals surface area (Å²) in [5.74, 6) is -3.45. The molecule has 2 rings (SSSR count). The summed E-state index contributed by atoms with van der Waals surface area (Å²) in [6.07, 6.45) is 0.508. The van der Waals surface area contributed by atoms with Gasteiger partial charge in [0, 0.05) is 26.7 Å². The first-order valence-corrected chi connectivity index (χ1v) is 12.0. The number of ether oxygens (including phenoxy) is 1. The van der Waals surface area contributed by atoms with Gasteiger partial charge in [-0.2, -0.15) is 4.31 Å². The third-order valence-electron chi connectivity index (χ3n) is 5.13. The van der Waals surface area contributed by atoms with Gasteiger partial charge < -0.3 is 10.5 Å². The summed E-state index contributed by atoms with van der Waals surface area (Å²) in [5, 5.41) is 0. The molecule has 0 aliphatic heterocycles. The van der Waals surface area contributed by atoms with Crippen molar-refractivity contribution >= 4 is 27.6 Å². The fourth-order valence-electron chi connectivity index (χ4n) is 3.30. The minimum Gasteiger partial charge on any atom is -0.454 e. The number of hydrogen-bond acceptors (Lipinski definition) is 8. The summed E-state index contributed by atoms with van der Waals surface area (Å²) in [6.45, 7) is 4.40. The maximum Gasteiger partial charge on any atom is 0.338 e. The Hall–Kier alpha value is -3.32. The molecule has 0 bridgehead atoms. The minimum atomic E-state index is -4.20. The first kappa shape index (κ1) is 26.9. The lowest BCUT2D eigenvalue weighted by atomic mass is 10.2. The van der Waals surface area contributed by atoms with Crippen LogP contribution in [0.15, 0.2) is 32.7 Å². The number of nitrogens with zero attached hydrogens (tertiary/aromatic N) is 3. The summed E-state index contributed by atoms with van der Waals surface area (Å²) in [5.41, 5.74) is 3.43. The van der Waals surface area contributed by atoms with E-state index in [-0.39, 0.29) is 31.0 Å². The largest absolute Gasteiger partial charge is 0.454 e. The van der Waals surface area contributed by atoms with E-state index in [0.29, 0.717) is 6.42 Å². The van der Waals surface area contributed by atoms with Gasteiger partial charge >= 0.3 is 11.7 Å². The van der Waals surface area contributed by atoms with Crippen LogP contribution < -0.4 is 17.0 Å². The Bertz CT molecular complexity index is 1330. The summed E-state index contributed by atoms with van der Waals surface area (Å²) >= 11 is 0. The van der Waals surface area contributed by atoms with E-state index in [0.717, 1.165) is 31.6 Å². The summed E-state index contributed by atoms with van der Waals surface area (Å²) in [4.78, 5) is 49.1. The molecule has 0 saturated carbocycles. The molecule has 1 aromatic heterocycles. The number of halogens is 1. The lowest BCUT2D eigenvalue weighted by molar-refractivity contribution is 0.0473. The Balaban J connectivity index is 2.34. The van der Waals surface area contributed by atoms with E-state index in [4.69, 9.17) is 10.5 Å². The van der Waals surface area contributed by atoms with Crippen molar-refractivity contribution < 1.29 is 27.1 Å². The number of nitrogen functional groups attached to an aromatic ring is 1. The number of anilines is 1. The normalized spacial score (nSPS) is 11.6. The molecule has 11 nitrogen and oxygen atoms in total. The first-order valence-electron chi connectivity index (χ1n) is 10.5. The third-order valence-corrected chi connectivity index (χ3v) is 7.20. The molecule has 0 saturated heterocycles. The lowest BCUT2D eigenvalue weighted by Crippen LogP contribution is -2.43. The molecule has 0 amide bonds. The van der Waals surface area contributed by atoms with Gasteiger partial charge in [0.2, 0.25) is 15.8 Å². The van der Waals surface area contributed by atoms with Gasteiger partial charge in [0.1, 0.15) is 22.1 Å². The number of nitrogens with two attached hydrogens (primary N) is 1. The zero-order chi connectivity index (χ0) is 25.8. The molecule has 0 fully saturated rings. The number of carbonyl (C=O) groups excluding carboxylic acids is 2. The first-order chi connectivity index (χ1) is 15.9. The molecular weight excluding hydrogens is 471 g/mol. The van der Waals surface area contributed by atoms with E-state index in [1.807, 2.05) is 0 Å². The zero-order valence-corrected chi connectivity index (χ0v) is 20.1. The number of esters is 1. The molecule has 0 aliphatic rings. The highest BCUT2D eigenvalue weighted by molar-refractivity contribution is 7.89. The second-order valence-electron chi connectivity index (χ2n) is 7.29. The molecular formula is C21H27FN4O7S. The fraction of sp³-hybridized carbons (Fsp3) is 0.429. The van der Waals surface area contributed by atoms with Crippen LogP contribution in [0.3, 0.4) is 0 Å². The van der Waals surface area contributed by atoms with Crippen LogP contribution in [0.4, 0.5) is 10.2 Å². The highest BCUT2D eigenvalue weighted by Crippen LogP contribution is 2.21. The van der Waals surface area contributed by atoms with E-state index in [1.54, 1.807) is 20.8 Å². The monoisotopic (exact) mass is 498 g/mol. The van der Waals surface area contributed by atoms with Crippen molar-refractivity contribution in [3.8, 4) is 0 Å². The Kier molecular flexibility index (Phi) is 8.51. The number of Topliss-reactive ketones (excluding diaryl/α,β-unsaturated/α-hetero) is 1. The van der Waals surface area contributed by atoms with Crippen molar-refractivity contribution in [1.82, 2.24) is 13.4 Å². The average molecular weight is 499 g/mol. The molecule has 0 unspecified atom stereocenters. The Morgan fingerprint density at radius 2 is 1.76 bits per heavy atom. The van der Waals surface area contributed by atoms with Crippen molar-refractivity contribution in [2.24, 2.45) is 7.05 Å². The standard InChI is InChI=1S/C21H27FN4O7S/c1-5-10-26-18(23)17(19(28)24(4)21(26)30)15(27)12-33-20(29)13-8-9-14(22)16(11-13)34(31,32)25(6-2)7-3/h8-9,11H,5-7,10,12,23H2,1-4H3. The third kappa shape index (κ3) is 5.09. The van der Waals surface area contributed by atoms with Crippen LogP contribution in [0, 0.1) is 5.82 Å². The van der Waals surface area contributed by atoms with Gasteiger partial charge in [-0.3, -0.25) is 18.7 Å². The highest BCUT2D eigenvalue weighted by atomic mass is 32.2. The van der Waals surface area contributed by atoms with E-state index in [9.17, 15) is 32.0 Å². The molecule has 1 heterocycles. The second kappa shape index (κ2) is 10.7. The van der Waals surface area contributed by atoms with Crippen molar-refractivity contribution in [2.45, 2.75) is 38.6 Å². The Morgan fingerprint density at radius 3 is 2.32 bits per heavy atom. The van der Waals surface area contributed by atoms with Crippen LogP contribution in [0.25, 0.3) is 0 Å². The molecule has 13 heteroatoms. The van der Waals surface area contributed by atoms with Crippen LogP contribution in [0.5, 0.6) is 0 Å². The van der Waals surface area contributed by atoms with E-state index < -0.39 is 55.9 Å². The van der Waals surface area contributed by atoms with Crippen molar-refractivity contribution in [2.75, 3.05) is 25.4 Å². The van der Waals surface area contributed by atoms with Crippen molar-refractivity contribution in [1.29, 1.82) is 0 Å². The predicted molar refractivity (Wildman–Crippen MR) is 122 cm³/mol. The molecule has 2 N–H and O–H groups in total. The van der Waals surface area contributed by atoms with Crippen molar-refractivity contribution in [3.63, 3.8) is 0 Å². The number of sulfonamides is 1. The fourth-order valence-corrected chi connectivity index (χ4v) is 4.85. The SMILES string of the molecule is CCCn1c(N)c(C(=O)COC(=O)c2ccc(F)c(S(=O)(=O)N(CC)CC)c2)c(=O)n(C)c1=O. The number of carbonyl (C=O) groups is 2. The van der Waals surface area contributed by atoms with Crippen LogP contribution in [-0.4, -0.2) is 53.3 Å². The van der Waals surface area contributed by atoms with Crippen LogP contribution >= 0.6 is 0 Å². The molecule has 2 aromatic rings. The summed E-state index contributed by atoms with van der Waals surface area (Å²) in [7, 11) is -3.01. The highest BCUT2D eigenvalue weighted by Gasteiger charge is 2.27. The lowest BCUT2D eigenvalue weighted by Gasteiger charge is -2.19. The topological polar surface area (TPSA) is 151 Å². The van der Waals surface area contributed by atoms with Crippen molar-refractivity contribution in [3.05, 3.63) is 56.0 Å². The molecule has 0 spiro atoms. The second-order valence-corrected chi connectivity index (χ2v) is 9.20. The molecule has 186 valence electrons. The van der Waals surface area contributed by atoms with Gasteiger partial charge in [0.15, 0.2) is 6.61 Å². The van der Waals surface area contributed by atoms with Crippen LogP contribution in [0.1, 0.15) is 47.9 Å². The molecule has 0 aliphatic carbocycles. The Morgan fingerprint density at radius 1 is 1.15 bits per heavy atom. The van der Waals surface area contributed by atoms with Gasteiger partial charge in [-0.1, -0.05) is 20.8 Å². The van der Waals surface area contributed by atoms with E-state index in [1.165, 1.54) is 7.05 Å². The van der Waals surface area contributed by atoms with Gasteiger partial charge in [-0.05, 0) is 24.6 Å². The average Bonchev–Trinajstić information content (AvgIpc) is 2.79. The number of rotatable bonds is 10. The van der Waals surface area contributed by atoms with Crippen LogP contribution in [0.2, 0.25) is 0 Å². The van der Waals surface area contributed by atoms with Gasteiger partial charge in [-0.25, -0.2) is 22.4 Å². The number of hydrogen-bond donors (Lipinski definition) is 1. The number of benzene rings is 1. The minimum absolute atomic E-state index is 0.0952. The number of aromatic nitrogens is 2. The quantitative estimate of drug-likeness (QED) is 0.372.